The molecule has 150 valence electrons. The molecule has 0 amide bonds. The van der Waals surface area contributed by atoms with Crippen LogP contribution in [0, 0.1) is 0 Å². The molecular weight excluding hydrogens is 352 g/mol. The summed E-state index contributed by atoms with van der Waals surface area (Å²) in [4.78, 5) is 0. The van der Waals surface area contributed by atoms with E-state index in [2.05, 4.69) is 65.8 Å². The van der Waals surface area contributed by atoms with Crippen molar-refractivity contribution in [3.05, 3.63) is 24.3 Å². The second-order valence-corrected chi connectivity index (χ2v) is 16.3. The molecule has 0 saturated carbocycles. The van der Waals surface area contributed by atoms with E-state index >= 15 is 0 Å². The third-order valence-corrected chi connectivity index (χ3v) is 15.2. The predicted molar refractivity (Wildman–Crippen MR) is 121 cm³/mol. The molecule has 1 aromatic carbocycles. The van der Waals surface area contributed by atoms with Crippen molar-refractivity contribution in [2.45, 2.75) is 103 Å². The zero-order chi connectivity index (χ0) is 19.5. The molecule has 26 heavy (non-hydrogen) atoms. The molecule has 0 bridgehead atoms. The Morgan fingerprint density at radius 1 is 0.538 bits per heavy atom. The van der Waals surface area contributed by atoms with Gasteiger partial charge in [0, 0.05) is 0 Å². The summed E-state index contributed by atoms with van der Waals surface area (Å²) in [7, 11) is -3.28. The first kappa shape index (κ1) is 23.3. The van der Waals surface area contributed by atoms with E-state index in [1.165, 1.54) is 61.9 Å². The summed E-state index contributed by atoms with van der Waals surface area (Å²) in [5.41, 5.74) is 0. The summed E-state index contributed by atoms with van der Waals surface area (Å²) in [5, 5.41) is 0. The summed E-state index contributed by atoms with van der Waals surface area (Å²) in [6.07, 6.45) is 4.89. The Morgan fingerprint density at radius 3 is 1.00 bits per heavy atom. The van der Waals surface area contributed by atoms with Crippen LogP contribution < -0.4 is 8.85 Å². The largest absolute Gasteiger partial charge is 0.543 e. The molecule has 0 fully saturated rings. The van der Waals surface area contributed by atoms with Crippen LogP contribution in [0.2, 0.25) is 36.3 Å². The molecule has 0 saturated heterocycles. The van der Waals surface area contributed by atoms with E-state index < -0.39 is 16.6 Å². The van der Waals surface area contributed by atoms with Gasteiger partial charge >= 0.3 is 0 Å². The molecule has 0 heterocycles. The van der Waals surface area contributed by atoms with Gasteiger partial charge in [-0.15, -0.1) is 0 Å². The van der Waals surface area contributed by atoms with Crippen LogP contribution in [-0.2, 0) is 0 Å². The molecule has 0 radical (unpaired) electrons. The van der Waals surface area contributed by atoms with Crippen molar-refractivity contribution in [3.63, 3.8) is 0 Å². The van der Waals surface area contributed by atoms with Gasteiger partial charge in [0.25, 0.3) is 16.6 Å². The number of hydrogen-bond donors (Lipinski definition) is 0. The van der Waals surface area contributed by atoms with E-state index in [1.54, 1.807) is 0 Å². The lowest BCUT2D eigenvalue weighted by atomic mass is 10.3. The first-order chi connectivity index (χ1) is 12.5. The molecule has 1 aromatic rings. The number of benzene rings is 1. The van der Waals surface area contributed by atoms with Crippen molar-refractivity contribution < 1.29 is 8.85 Å². The highest BCUT2D eigenvalue weighted by Crippen LogP contribution is 2.32. The lowest BCUT2D eigenvalue weighted by Gasteiger charge is -2.32. The third-order valence-electron chi connectivity index (χ3n) is 5.60. The van der Waals surface area contributed by atoms with E-state index in [-0.39, 0.29) is 0 Å². The van der Waals surface area contributed by atoms with E-state index in [0.717, 1.165) is 11.5 Å². The van der Waals surface area contributed by atoms with Gasteiger partial charge in [-0.3, -0.25) is 0 Å². The summed E-state index contributed by atoms with van der Waals surface area (Å²) in [6.45, 7) is 13.7. The van der Waals surface area contributed by atoms with Gasteiger partial charge in [-0.2, -0.15) is 0 Å². The minimum atomic E-state index is -1.64. The standard InChI is InChI=1S/C22H42O2Si2/c1-7-17-25(11-5,18-8-2)23-21-13-15-22(16-14-21)24-26(12-6,19-9-3)20-10-4/h13-16H,7-12,17-20H2,1-6H3. The van der Waals surface area contributed by atoms with Crippen molar-refractivity contribution in [3.8, 4) is 11.5 Å². The van der Waals surface area contributed by atoms with Gasteiger partial charge in [-0.1, -0.05) is 67.2 Å². The molecule has 4 heteroatoms. The van der Waals surface area contributed by atoms with Crippen molar-refractivity contribution in [2.24, 2.45) is 0 Å². The van der Waals surface area contributed by atoms with Crippen molar-refractivity contribution >= 4 is 16.6 Å². The minimum absolute atomic E-state index is 1.04. The quantitative estimate of drug-likeness (QED) is 0.297. The molecule has 0 aromatic heterocycles. The monoisotopic (exact) mass is 394 g/mol. The maximum atomic E-state index is 6.63. The zero-order valence-electron chi connectivity index (χ0n) is 18.2. The SMILES string of the molecule is CCC[Si](CC)(CCC)Oc1ccc(O[Si](CC)(CCC)CCC)cc1. The summed E-state index contributed by atoms with van der Waals surface area (Å²) >= 11 is 0. The lowest BCUT2D eigenvalue weighted by molar-refractivity contribution is 0.510. The van der Waals surface area contributed by atoms with Gasteiger partial charge in [0.05, 0.1) is 0 Å². The fourth-order valence-electron chi connectivity index (χ4n) is 4.20. The van der Waals surface area contributed by atoms with Crippen molar-refractivity contribution in [1.29, 1.82) is 0 Å². The van der Waals surface area contributed by atoms with Crippen molar-refractivity contribution in [2.75, 3.05) is 0 Å². The Kier molecular flexibility index (Phi) is 10.6. The third kappa shape index (κ3) is 6.77. The molecule has 0 N–H and O–H groups in total. The van der Waals surface area contributed by atoms with Gasteiger partial charge in [0.1, 0.15) is 11.5 Å². The Morgan fingerprint density at radius 2 is 0.808 bits per heavy atom. The number of hydrogen-bond acceptors (Lipinski definition) is 2. The smallest absolute Gasteiger partial charge is 0.250 e. The molecule has 0 unspecified atom stereocenters. The summed E-state index contributed by atoms with van der Waals surface area (Å²) in [6, 6.07) is 16.0. The van der Waals surface area contributed by atoms with E-state index in [9.17, 15) is 0 Å². The predicted octanol–water partition coefficient (Wildman–Crippen LogP) is 8.02. The first-order valence-corrected chi connectivity index (χ1v) is 16.1. The van der Waals surface area contributed by atoms with Crippen LogP contribution in [-0.4, -0.2) is 16.6 Å². The van der Waals surface area contributed by atoms with Gasteiger partial charge in [0.2, 0.25) is 0 Å². The molecule has 0 aliphatic heterocycles. The Labute approximate surface area is 165 Å². The van der Waals surface area contributed by atoms with E-state index in [1.807, 2.05) is 0 Å². The Hall–Kier alpha value is -0.746. The van der Waals surface area contributed by atoms with Crippen LogP contribution >= 0.6 is 0 Å². The molecule has 0 aliphatic rings. The molecule has 1 rings (SSSR count). The number of rotatable bonds is 14. The molecule has 0 atom stereocenters. The summed E-state index contributed by atoms with van der Waals surface area (Å²) < 4.78 is 13.3. The first-order valence-electron chi connectivity index (χ1n) is 11.0. The highest BCUT2D eigenvalue weighted by molar-refractivity contribution is 6.74. The maximum Gasteiger partial charge on any atom is 0.250 e. The Balaban J connectivity index is 2.89. The van der Waals surface area contributed by atoms with Crippen LogP contribution in [0.15, 0.2) is 24.3 Å². The van der Waals surface area contributed by atoms with E-state index in [4.69, 9.17) is 8.85 Å². The molecule has 2 nitrogen and oxygen atoms in total. The lowest BCUT2D eigenvalue weighted by Crippen LogP contribution is -2.41. The molecular formula is C22H42O2Si2. The van der Waals surface area contributed by atoms with Crippen LogP contribution in [0.1, 0.15) is 67.2 Å². The fraction of sp³-hybridized carbons (Fsp3) is 0.727. The highest BCUT2D eigenvalue weighted by atomic mass is 28.4. The second-order valence-electron chi connectivity index (χ2n) is 7.75. The van der Waals surface area contributed by atoms with Crippen LogP contribution in [0.3, 0.4) is 0 Å². The van der Waals surface area contributed by atoms with Crippen LogP contribution in [0.25, 0.3) is 0 Å². The van der Waals surface area contributed by atoms with Crippen LogP contribution in [0.4, 0.5) is 0 Å². The maximum absolute atomic E-state index is 6.63. The average molecular weight is 395 g/mol. The Bertz CT molecular complexity index is 430. The zero-order valence-corrected chi connectivity index (χ0v) is 20.2. The van der Waals surface area contributed by atoms with Crippen molar-refractivity contribution in [1.82, 2.24) is 0 Å². The molecule has 0 spiro atoms. The highest BCUT2D eigenvalue weighted by Gasteiger charge is 2.34. The van der Waals surface area contributed by atoms with Gasteiger partial charge < -0.3 is 8.85 Å². The second kappa shape index (κ2) is 11.9. The van der Waals surface area contributed by atoms with Crippen LogP contribution in [0.5, 0.6) is 11.5 Å². The summed E-state index contributed by atoms with van der Waals surface area (Å²) in [5.74, 6) is 2.09. The molecule has 0 aliphatic carbocycles. The van der Waals surface area contributed by atoms with E-state index in [0.29, 0.717) is 0 Å². The minimum Gasteiger partial charge on any atom is -0.543 e. The fourth-order valence-corrected chi connectivity index (χ4v) is 11.7. The van der Waals surface area contributed by atoms with Gasteiger partial charge in [-0.25, -0.2) is 0 Å². The average Bonchev–Trinajstić information content (AvgIpc) is 2.64. The topological polar surface area (TPSA) is 18.5 Å². The van der Waals surface area contributed by atoms with Gasteiger partial charge in [-0.05, 0) is 60.5 Å². The van der Waals surface area contributed by atoms with Gasteiger partial charge in [0.15, 0.2) is 0 Å². The normalized spacial score (nSPS) is 12.2.